The number of rotatable bonds is 4. The number of carbonyl (C=O) groups excluding carboxylic acids is 1. The molecule has 0 unspecified atom stereocenters. The maximum absolute atomic E-state index is 12.6. The van der Waals surface area contributed by atoms with Gasteiger partial charge in [-0.3, -0.25) is 14.4 Å². The Morgan fingerprint density at radius 3 is 2.79 bits per heavy atom. The van der Waals surface area contributed by atoms with E-state index in [9.17, 15) is 4.79 Å². The molecule has 6 nitrogen and oxygen atoms in total. The highest BCUT2D eigenvalue weighted by Crippen LogP contribution is 2.12. The number of hydrogen-bond acceptors (Lipinski definition) is 4. The summed E-state index contributed by atoms with van der Waals surface area (Å²) in [5.74, 6) is -0.0210. The summed E-state index contributed by atoms with van der Waals surface area (Å²) in [4.78, 5) is 20.9. The van der Waals surface area contributed by atoms with Crippen molar-refractivity contribution in [2.24, 2.45) is 0 Å². The SMILES string of the molecule is CCn1cc(CN2CCCN(C(=O)c3ccc(Cl)cn3)CC2)cn1. The fraction of sp³-hybridized carbons (Fsp3) is 0.471. The highest BCUT2D eigenvalue weighted by molar-refractivity contribution is 6.30. The molecule has 0 N–H and O–H groups in total. The summed E-state index contributed by atoms with van der Waals surface area (Å²) in [5.41, 5.74) is 1.67. The lowest BCUT2D eigenvalue weighted by Crippen LogP contribution is -2.35. The number of nitrogens with zero attached hydrogens (tertiary/aromatic N) is 5. The van der Waals surface area contributed by atoms with E-state index in [4.69, 9.17) is 11.6 Å². The van der Waals surface area contributed by atoms with Gasteiger partial charge >= 0.3 is 0 Å². The third-order valence-electron chi connectivity index (χ3n) is 4.24. The zero-order chi connectivity index (χ0) is 16.9. The van der Waals surface area contributed by atoms with Gasteiger partial charge < -0.3 is 4.90 Å². The van der Waals surface area contributed by atoms with Gasteiger partial charge in [-0.15, -0.1) is 0 Å². The summed E-state index contributed by atoms with van der Waals surface area (Å²) >= 11 is 5.84. The first-order valence-corrected chi connectivity index (χ1v) is 8.68. The first kappa shape index (κ1) is 16.9. The van der Waals surface area contributed by atoms with Crippen LogP contribution in [-0.4, -0.2) is 56.7 Å². The lowest BCUT2D eigenvalue weighted by molar-refractivity contribution is 0.0755. The van der Waals surface area contributed by atoms with Crippen LogP contribution in [0.1, 0.15) is 29.4 Å². The van der Waals surface area contributed by atoms with Gasteiger partial charge in [0.15, 0.2) is 0 Å². The van der Waals surface area contributed by atoms with Gasteiger partial charge in [0.05, 0.1) is 11.2 Å². The minimum Gasteiger partial charge on any atom is -0.336 e. The largest absolute Gasteiger partial charge is 0.336 e. The minimum atomic E-state index is -0.0210. The summed E-state index contributed by atoms with van der Waals surface area (Å²) < 4.78 is 1.94. The quantitative estimate of drug-likeness (QED) is 0.851. The molecule has 1 aliphatic rings. The molecule has 0 aromatic carbocycles. The Bertz CT molecular complexity index is 685. The molecule has 128 valence electrons. The lowest BCUT2D eigenvalue weighted by Gasteiger charge is -2.21. The molecule has 24 heavy (non-hydrogen) atoms. The van der Waals surface area contributed by atoms with Crippen LogP contribution < -0.4 is 0 Å². The third-order valence-corrected chi connectivity index (χ3v) is 4.46. The molecule has 0 aliphatic carbocycles. The Kier molecular flexibility index (Phi) is 5.48. The standard InChI is InChI=1S/C17H22ClN5O/c1-2-23-13-14(10-20-23)12-21-6-3-7-22(9-8-21)17(24)16-5-4-15(18)11-19-16/h4-5,10-11,13H,2-3,6-9,12H2,1H3. The molecule has 0 saturated carbocycles. The molecular formula is C17H22ClN5O. The molecule has 0 bridgehead atoms. The van der Waals surface area contributed by atoms with Crippen molar-refractivity contribution in [3.63, 3.8) is 0 Å². The predicted molar refractivity (Wildman–Crippen MR) is 92.9 cm³/mol. The van der Waals surface area contributed by atoms with Crippen LogP contribution >= 0.6 is 11.6 Å². The molecule has 0 atom stereocenters. The second-order valence-electron chi connectivity index (χ2n) is 5.99. The maximum Gasteiger partial charge on any atom is 0.272 e. The van der Waals surface area contributed by atoms with Gasteiger partial charge in [0, 0.05) is 57.2 Å². The Morgan fingerprint density at radius 1 is 1.21 bits per heavy atom. The van der Waals surface area contributed by atoms with Gasteiger partial charge in [-0.05, 0) is 25.5 Å². The number of hydrogen-bond donors (Lipinski definition) is 0. The van der Waals surface area contributed by atoms with Crippen LogP contribution in [0.3, 0.4) is 0 Å². The van der Waals surface area contributed by atoms with Crippen LogP contribution in [0.2, 0.25) is 5.02 Å². The lowest BCUT2D eigenvalue weighted by atomic mass is 10.3. The molecule has 0 spiro atoms. The van der Waals surface area contributed by atoms with Crippen LogP contribution in [0.25, 0.3) is 0 Å². The number of amides is 1. The fourth-order valence-corrected chi connectivity index (χ4v) is 3.03. The van der Waals surface area contributed by atoms with Crippen molar-refractivity contribution >= 4 is 17.5 Å². The van der Waals surface area contributed by atoms with Gasteiger partial charge in [-0.25, -0.2) is 4.98 Å². The van der Waals surface area contributed by atoms with Gasteiger partial charge in [0.1, 0.15) is 5.69 Å². The molecular weight excluding hydrogens is 326 g/mol. The molecule has 2 aromatic rings. The van der Waals surface area contributed by atoms with Gasteiger partial charge in [-0.2, -0.15) is 5.10 Å². The molecule has 1 aliphatic heterocycles. The van der Waals surface area contributed by atoms with E-state index in [2.05, 4.69) is 28.1 Å². The van der Waals surface area contributed by atoms with E-state index < -0.39 is 0 Å². The van der Waals surface area contributed by atoms with Gasteiger partial charge in [-0.1, -0.05) is 11.6 Å². The monoisotopic (exact) mass is 347 g/mol. The predicted octanol–water partition coefficient (Wildman–Crippen LogP) is 2.30. The normalized spacial score (nSPS) is 16.2. The van der Waals surface area contributed by atoms with Crippen molar-refractivity contribution in [1.82, 2.24) is 24.6 Å². The zero-order valence-corrected chi connectivity index (χ0v) is 14.6. The second kappa shape index (κ2) is 7.77. The van der Waals surface area contributed by atoms with E-state index in [1.54, 1.807) is 12.1 Å². The fourth-order valence-electron chi connectivity index (χ4n) is 2.92. The van der Waals surface area contributed by atoms with Crippen molar-refractivity contribution in [2.45, 2.75) is 26.4 Å². The summed E-state index contributed by atoms with van der Waals surface area (Å²) in [7, 11) is 0. The van der Waals surface area contributed by atoms with Crippen molar-refractivity contribution in [2.75, 3.05) is 26.2 Å². The first-order valence-electron chi connectivity index (χ1n) is 8.30. The van der Waals surface area contributed by atoms with E-state index in [1.165, 1.54) is 11.8 Å². The summed E-state index contributed by atoms with van der Waals surface area (Å²) in [6.45, 7) is 7.15. The Labute approximate surface area is 147 Å². The van der Waals surface area contributed by atoms with Gasteiger partial charge in [0.25, 0.3) is 5.91 Å². The van der Waals surface area contributed by atoms with E-state index in [1.807, 2.05) is 15.8 Å². The van der Waals surface area contributed by atoms with Crippen molar-refractivity contribution in [3.05, 3.63) is 47.0 Å². The number of halogens is 1. The highest BCUT2D eigenvalue weighted by Gasteiger charge is 2.21. The molecule has 2 aromatic heterocycles. The Hall–Kier alpha value is -1.92. The van der Waals surface area contributed by atoms with Crippen molar-refractivity contribution in [3.8, 4) is 0 Å². The summed E-state index contributed by atoms with van der Waals surface area (Å²) in [6, 6.07) is 3.39. The van der Waals surface area contributed by atoms with Crippen LogP contribution in [-0.2, 0) is 13.1 Å². The summed E-state index contributed by atoms with van der Waals surface area (Å²) in [6.07, 6.45) is 6.49. The number of aromatic nitrogens is 3. The third kappa shape index (κ3) is 4.13. The minimum absolute atomic E-state index is 0.0210. The van der Waals surface area contributed by atoms with Crippen molar-refractivity contribution in [1.29, 1.82) is 0 Å². The molecule has 1 saturated heterocycles. The van der Waals surface area contributed by atoms with E-state index in [0.717, 1.165) is 39.1 Å². The van der Waals surface area contributed by atoms with E-state index in [0.29, 0.717) is 17.3 Å². The molecule has 1 fully saturated rings. The van der Waals surface area contributed by atoms with Crippen LogP contribution in [0, 0.1) is 0 Å². The van der Waals surface area contributed by atoms with Gasteiger partial charge in [0.2, 0.25) is 0 Å². The number of aryl methyl sites for hydroxylation is 1. The molecule has 3 heterocycles. The molecule has 3 rings (SSSR count). The second-order valence-corrected chi connectivity index (χ2v) is 6.42. The van der Waals surface area contributed by atoms with Crippen molar-refractivity contribution < 1.29 is 4.79 Å². The molecule has 1 amide bonds. The Morgan fingerprint density at radius 2 is 2.08 bits per heavy atom. The smallest absolute Gasteiger partial charge is 0.272 e. The van der Waals surface area contributed by atoms with Crippen LogP contribution in [0.5, 0.6) is 0 Å². The maximum atomic E-state index is 12.6. The average molecular weight is 348 g/mol. The summed E-state index contributed by atoms with van der Waals surface area (Å²) in [5, 5.41) is 4.86. The number of pyridine rings is 1. The molecule has 0 radical (unpaired) electrons. The molecule has 7 heteroatoms. The van der Waals surface area contributed by atoms with Crippen LogP contribution in [0.15, 0.2) is 30.7 Å². The topological polar surface area (TPSA) is 54.3 Å². The van der Waals surface area contributed by atoms with E-state index in [-0.39, 0.29) is 5.91 Å². The van der Waals surface area contributed by atoms with Crippen LogP contribution in [0.4, 0.5) is 0 Å². The first-order chi connectivity index (χ1) is 11.7. The zero-order valence-electron chi connectivity index (χ0n) is 13.9. The highest BCUT2D eigenvalue weighted by atomic mass is 35.5. The Balaban J connectivity index is 1.58. The number of carbonyl (C=O) groups is 1. The average Bonchev–Trinajstić information content (AvgIpc) is 2.92. The van der Waals surface area contributed by atoms with E-state index >= 15 is 0 Å².